The minimum Gasteiger partial charge on any atom is -0.372 e. The highest BCUT2D eigenvalue weighted by molar-refractivity contribution is 6.30. The van der Waals surface area contributed by atoms with Crippen molar-refractivity contribution in [3.8, 4) is 0 Å². The fraction of sp³-hybridized carbons (Fsp3) is 0.381. The molecule has 2 aromatic carbocycles. The Bertz CT molecular complexity index is 755. The van der Waals surface area contributed by atoms with Crippen molar-refractivity contribution in [2.45, 2.75) is 18.9 Å². The normalized spacial score (nSPS) is 20.4. The summed E-state index contributed by atoms with van der Waals surface area (Å²) in [5.74, 6) is 0.0697. The van der Waals surface area contributed by atoms with Crippen molar-refractivity contribution >= 4 is 23.2 Å². The summed E-state index contributed by atoms with van der Waals surface area (Å²) in [5, 5.41) is 0.704. The second kappa shape index (κ2) is 7.68. The Labute approximate surface area is 159 Å². The summed E-state index contributed by atoms with van der Waals surface area (Å²) in [6.45, 7) is 3.95. The maximum absolute atomic E-state index is 12.9. The fourth-order valence-electron chi connectivity index (χ4n) is 3.69. The van der Waals surface area contributed by atoms with E-state index in [2.05, 4.69) is 17.0 Å². The molecule has 1 unspecified atom stereocenters. The number of morpholine rings is 1. The van der Waals surface area contributed by atoms with Gasteiger partial charge in [0.1, 0.15) is 6.10 Å². The first kappa shape index (κ1) is 17.4. The van der Waals surface area contributed by atoms with Crippen LogP contribution >= 0.6 is 11.6 Å². The Hall–Kier alpha value is -2.04. The summed E-state index contributed by atoms with van der Waals surface area (Å²) < 4.78 is 5.86. The van der Waals surface area contributed by atoms with E-state index in [1.54, 1.807) is 0 Å². The van der Waals surface area contributed by atoms with Gasteiger partial charge < -0.3 is 14.5 Å². The van der Waals surface area contributed by atoms with E-state index in [0.29, 0.717) is 24.7 Å². The van der Waals surface area contributed by atoms with Crippen LogP contribution in [0.4, 0.5) is 5.69 Å². The van der Waals surface area contributed by atoms with Gasteiger partial charge in [-0.1, -0.05) is 23.7 Å². The predicted octanol–water partition coefficient (Wildman–Crippen LogP) is 4.15. The predicted molar refractivity (Wildman–Crippen MR) is 104 cm³/mol. The Morgan fingerprint density at radius 1 is 0.962 bits per heavy atom. The summed E-state index contributed by atoms with van der Waals surface area (Å²) in [5.41, 5.74) is 3.00. The van der Waals surface area contributed by atoms with Crippen molar-refractivity contribution in [1.82, 2.24) is 4.90 Å². The molecule has 0 spiro atoms. The van der Waals surface area contributed by atoms with Crippen LogP contribution in [0.2, 0.25) is 5.02 Å². The Balaban J connectivity index is 1.44. The van der Waals surface area contributed by atoms with Gasteiger partial charge in [-0.3, -0.25) is 4.79 Å². The van der Waals surface area contributed by atoms with E-state index in [1.165, 1.54) is 18.5 Å². The van der Waals surface area contributed by atoms with Crippen LogP contribution in [0.15, 0.2) is 48.5 Å². The molecule has 136 valence electrons. The van der Waals surface area contributed by atoms with Crippen LogP contribution < -0.4 is 4.90 Å². The lowest BCUT2D eigenvalue weighted by Crippen LogP contribution is -2.42. The molecule has 5 heteroatoms. The third-order valence-corrected chi connectivity index (χ3v) is 5.43. The van der Waals surface area contributed by atoms with Crippen molar-refractivity contribution < 1.29 is 9.53 Å². The molecule has 2 aromatic rings. The maximum Gasteiger partial charge on any atom is 0.254 e. The van der Waals surface area contributed by atoms with Crippen molar-refractivity contribution in [3.05, 3.63) is 64.7 Å². The van der Waals surface area contributed by atoms with Crippen molar-refractivity contribution in [2.24, 2.45) is 0 Å². The Kier molecular flexibility index (Phi) is 5.14. The molecule has 1 atom stereocenters. The van der Waals surface area contributed by atoms with Crippen molar-refractivity contribution in [1.29, 1.82) is 0 Å². The number of hydrogen-bond acceptors (Lipinski definition) is 3. The van der Waals surface area contributed by atoms with Gasteiger partial charge in [-0.25, -0.2) is 0 Å². The first-order chi connectivity index (χ1) is 12.7. The lowest BCUT2D eigenvalue weighted by atomic mass is 10.1. The van der Waals surface area contributed by atoms with E-state index >= 15 is 0 Å². The average Bonchev–Trinajstić information content (AvgIpc) is 3.23. The van der Waals surface area contributed by atoms with Gasteiger partial charge in [-0.05, 0) is 54.8 Å². The zero-order chi connectivity index (χ0) is 17.9. The van der Waals surface area contributed by atoms with E-state index in [1.807, 2.05) is 41.3 Å². The minimum atomic E-state index is -0.103. The molecule has 4 nitrogen and oxygen atoms in total. The molecule has 0 N–H and O–H groups in total. The minimum absolute atomic E-state index is 0.0697. The highest BCUT2D eigenvalue weighted by atomic mass is 35.5. The summed E-state index contributed by atoms with van der Waals surface area (Å²) in [7, 11) is 0. The number of anilines is 1. The molecule has 0 bridgehead atoms. The van der Waals surface area contributed by atoms with Gasteiger partial charge >= 0.3 is 0 Å². The van der Waals surface area contributed by atoms with E-state index in [4.69, 9.17) is 16.3 Å². The van der Waals surface area contributed by atoms with Gasteiger partial charge in [0, 0.05) is 35.9 Å². The topological polar surface area (TPSA) is 32.8 Å². The average molecular weight is 371 g/mol. The largest absolute Gasteiger partial charge is 0.372 e. The molecule has 2 aliphatic heterocycles. The molecule has 26 heavy (non-hydrogen) atoms. The van der Waals surface area contributed by atoms with Crippen LogP contribution in [0.3, 0.4) is 0 Å². The van der Waals surface area contributed by atoms with Gasteiger partial charge in [0.05, 0.1) is 13.2 Å². The molecule has 4 rings (SSSR count). The zero-order valence-corrected chi connectivity index (χ0v) is 15.5. The molecule has 1 amide bonds. The number of amides is 1. The number of carbonyl (C=O) groups is 1. The first-order valence-corrected chi connectivity index (χ1v) is 9.60. The number of rotatable bonds is 3. The standard InChI is InChI=1S/C21H23ClN2O2/c22-18-7-3-16(4-8-18)20-15-24(13-14-26-20)21(25)17-5-9-19(10-6-17)23-11-1-2-12-23/h3-10,20H,1-2,11-15H2. The summed E-state index contributed by atoms with van der Waals surface area (Å²) >= 11 is 5.96. The molecule has 2 saturated heterocycles. The van der Waals surface area contributed by atoms with Gasteiger partial charge in [-0.2, -0.15) is 0 Å². The van der Waals surface area contributed by atoms with Crippen LogP contribution in [-0.4, -0.2) is 43.6 Å². The molecular weight excluding hydrogens is 348 g/mol. The lowest BCUT2D eigenvalue weighted by Gasteiger charge is -2.33. The number of hydrogen-bond donors (Lipinski definition) is 0. The zero-order valence-electron chi connectivity index (χ0n) is 14.7. The number of ether oxygens (including phenoxy) is 1. The molecule has 0 saturated carbocycles. The number of halogens is 1. The molecule has 2 heterocycles. The van der Waals surface area contributed by atoms with E-state index < -0.39 is 0 Å². The maximum atomic E-state index is 12.9. The van der Waals surface area contributed by atoms with Crippen molar-refractivity contribution in [2.75, 3.05) is 37.7 Å². The van der Waals surface area contributed by atoms with Crippen LogP contribution in [0.25, 0.3) is 0 Å². The fourth-order valence-corrected chi connectivity index (χ4v) is 3.81. The number of nitrogens with zero attached hydrogens (tertiary/aromatic N) is 2. The third-order valence-electron chi connectivity index (χ3n) is 5.18. The van der Waals surface area contributed by atoms with E-state index in [9.17, 15) is 4.79 Å². The van der Waals surface area contributed by atoms with Crippen LogP contribution in [-0.2, 0) is 4.74 Å². The van der Waals surface area contributed by atoms with E-state index in [0.717, 1.165) is 24.2 Å². The second-order valence-electron chi connectivity index (χ2n) is 6.90. The quantitative estimate of drug-likeness (QED) is 0.813. The Morgan fingerprint density at radius 2 is 1.65 bits per heavy atom. The number of benzene rings is 2. The van der Waals surface area contributed by atoms with E-state index in [-0.39, 0.29) is 12.0 Å². The highest BCUT2D eigenvalue weighted by Gasteiger charge is 2.26. The van der Waals surface area contributed by atoms with Crippen LogP contribution in [0.5, 0.6) is 0 Å². The summed E-state index contributed by atoms with van der Waals surface area (Å²) in [6, 6.07) is 15.7. The second-order valence-corrected chi connectivity index (χ2v) is 7.34. The smallest absolute Gasteiger partial charge is 0.254 e. The summed E-state index contributed by atoms with van der Waals surface area (Å²) in [4.78, 5) is 17.2. The van der Waals surface area contributed by atoms with Crippen LogP contribution in [0, 0.1) is 0 Å². The molecular formula is C21H23ClN2O2. The monoisotopic (exact) mass is 370 g/mol. The Morgan fingerprint density at radius 3 is 2.35 bits per heavy atom. The van der Waals surface area contributed by atoms with Gasteiger partial charge in [0.15, 0.2) is 0 Å². The summed E-state index contributed by atoms with van der Waals surface area (Å²) in [6.07, 6.45) is 2.40. The molecule has 2 fully saturated rings. The number of carbonyl (C=O) groups excluding carboxylic acids is 1. The van der Waals surface area contributed by atoms with Gasteiger partial charge in [0.25, 0.3) is 5.91 Å². The van der Waals surface area contributed by atoms with Crippen molar-refractivity contribution in [3.63, 3.8) is 0 Å². The van der Waals surface area contributed by atoms with Crippen LogP contribution in [0.1, 0.15) is 34.9 Å². The van der Waals surface area contributed by atoms with Gasteiger partial charge in [-0.15, -0.1) is 0 Å². The highest BCUT2D eigenvalue weighted by Crippen LogP contribution is 2.25. The molecule has 0 radical (unpaired) electrons. The molecule has 0 aliphatic carbocycles. The van der Waals surface area contributed by atoms with Gasteiger partial charge in [0.2, 0.25) is 0 Å². The molecule has 2 aliphatic rings. The molecule has 0 aromatic heterocycles. The lowest BCUT2D eigenvalue weighted by molar-refractivity contribution is -0.0228. The SMILES string of the molecule is O=C(c1ccc(N2CCCC2)cc1)N1CCOC(c2ccc(Cl)cc2)C1. The first-order valence-electron chi connectivity index (χ1n) is 9.22. The third kappa shape index (κ3) is 3.71.